The number of aromatic carboxylic acids is 2. The maximum absolute atomic E-state index is 11.7. The smallest absolute Gasteiger partial charge is 0.352 e. The summed E-state index contributed by atoms with van der Waals surface area (Å²) in [5.41, 5.74) is -1.94. The molecule has 0 saturated carbocycles. The molecule has 8 nitrogen and oxygen atoms in total. The first-order valence-electron chi connectivity index (χ1n) is 5.79. The van der Waals surface area contributed by atoms with E-state index in [0.717, 1.165) is 0 Å². The molecule has 0 bridgehead atoms. The summed E-state index contributed by atoms with van der Waals surface area (Å²) in [4.78, 5) is 48.8. The molecule has 2 aromatic rings. The summed E-state index contributed by atoms with van der Waals surface area (Å²) in [5.74, 6) is -2.58. The van der Waals surface area contributed by atoms with Gasteiger partial charge in [0.25, 0.3) is 5.56 Å². The normalized spacial score (nSPS) is 10.3. The Kier molecular flexibility index (Phi) is 3.70. The van der Waals surface area contributed by atoms with Gasteiger partial charge in [-0.2, -0.15) is 0 Å². The summed E-state index contributed by atoms with van der Waals surface area (Å²) in [5, 5.41) is 17.9. The first kappa shape index (κ1) is 14.3. The molecule has 0 atom stereocenters. The quantitative estimate of drug-likeness (QED) is 0.627. The molecule has 2 rings (SSSR count). The number of rotatable bonds is 4. The molecule has 0 fully saturated rings. The molecular weight excluding hydrogens is 280 g/mol. The van der Waals surface area contributed by atoms with Crippen molar-refractivity contribution in [3.8, 4) is 0 Å². The van der Waals surface area contributed by atoms with E-state index in [0.29, 0.717) is 5.56 Å². The second kappa shape index (κ2) is 5.45. The third kappa shape index (κ3) is 3.06. The summed E-state index contributed by atoms with van der Waals surface area (Å²) < 4.78 is 0. The molecule has 0 radical (unpaired) electrons. The fourth-order valence-corrected chi connectivity index (χ4v) is 1.88. The van der Waals surface area contributed by atoms with Gasteiger partial charge < -0.3 is 15.2 Å². The predicted molar refractivity (Wildman–Crippen MR) is 70.8 cm³/mol. The maximum atomic E-state index is 11.7. The molecule has 21 heavy (non-hydrogen) atoms. The lowest BCUT2D eigenvalue weighted by atomic mass is 10.0. The summed E-state index contributed by atoms with van der Waals surface area (Å²) in [7, 11) is 0. The highest BCUT2D eigenvalue weighted by Gasteiger charge is 2.16. The number of hydrogen-bond acceptors (Lipinski definition) is 4. The van der Waals surface area contributed by atoms with Gasteiger partial charge >= 0.3 is 17.6 Å². The lowest BCUT2D eigenvalue weighted by Crippen LogP contribution is -2.30. The first-order chi connectivity index (χ1) is 9.88. The van der Waals surface area contributed by atoms with Crippen LogP contribution in [-0.4, -0.2) is 32.1 Å². The molecule has 0 aliphatic heterocycles. The Morgan fingerprint density at radius 3 is 2.38 bits per heavy atom. The highest BCUT2D eigenvalue weighted by atomic mass is 16.4. The molecule has 8 heteroatoms. The van der Waals surface area contributed by atoms with Crippen LogP contribution in [0, 0.1) is 0 Å². The number of carboxylic acid groups (broad SMARTS) is 2. The van der Waals surface area contributed by atoms with Crippen LogP contribution in [0.2, 0.25) is 0 Å². The van der Waals surface area contributed by atoms with Crippen LogP contribution in [0.5, 0.6) is 0 Å². The standard InChI is InChI=1S/C13H10N2O6/c16-10-8(9(12(19)20)14-13(21)15-10)5-6-2-1-3-7(4-6)11(17)18/h1-4H,5H2,(H,17,18)(H,19,20)(H2,14,15,16,21). The van der Waals surface area contributed by atoms with E-state index in [4.69, 9.17) is 10.2 Å². The number of aromatic nitrogens is 2. The fraction of sp³-hybridized carbons (Fsp3) is 0.0769. The molecular formula is C13H10N2O6. The minimum absolute atomic E-state index is 0.0187. The number of H-pyrrole nitrogens is 2. The van der Waals surface area contributed by atoms with Gasteiger partial charge in [0.2, 0.25) is 0 Å². The lowest BCUT2D eigenvalue weighted by Gasteiger charge is -2.05. The first-order valence-corrected chi connectivity index (χ1v) is 5.79. The van der Waals surface area contributed by atoms with Crippen LogP contribution in [-0.2, 0) is 6.42 Å². The van der Waals surface area contributed by atoms with Crippen LogP contribution in [0.3, 0.4) is 0 Å². The van der Waals surface area contributed by atoms with E-state index in [1.807, 2.05) is 9.97 Å². The molecule has 0 saturated heterocycles. The summed E-state index contributed by atoms with van der Waals surface area (Å²) in [6.07, 6.45) is -0.116. The van der Waals surface area contributed by atoms with Gasteiger partial charge in [-0.15, -0.1) is 0 Å². The van der Waals surface area contributed by atoms with Crippen molar-refractivity contribution in [1.82, 2.24) is 9.97 Å². The fourth-order valence-electron chi connectivity index (χ4n) is 1.88. The van der Waals surface area contributed by atoms with Crippen molar-refractivity contribution >= 4 is 11.9 Å². The molecule has 108 valence electrons. The maximum Gasteiger partial charge on any atom is 0.352 e. The van der Waals surface area contributed by atoms with Crippen LogP contribution in [0.4, 0.5) is 0 Å². The van der Waals surface area contributed by atoms with Gasteiger partial charge in [0, 0.05) is 6.42 Å². The molecule has 4 N–H and O–H groups in total. The topological polar surface area (TPSA) is 140 Å². The number of carboxylic acids is 2. The van der Waals surface area contributed by atoms with Gasteiger partial charge in [-0.25, -0.2) is 14.4 Å². The monoisotopic (exact) mass is 290 g/mol. The molecule has 0 aliphatic rings. The van der Waals surface area contributed by atoms with E-state index >= 15 is 0 Å². The highest BCUT2D eigenvalue weighted by molar-refractivity contribution is 5.88. The van der Waals surface area contributed by atoms with Crippen LogP contribution < -0.4 is 11.2 Å². The van der Waals surface area contributed by atoms with Crippen molar-refractivity contribution in [3.63, 3.8) is 0 Å². The van der Waals surface area contributed by atoms with E-state index in [2.05, 4.69) is 0 Å². The molecule has 0 aliphatic carbocycles. The Balaban J connectivity index is 2.51. The minimum Gasteiger partial charge on any atom is -0.478 e. The summed E-state index contributed by atoms with van der Waals surface area (Å²) >= 11 is 0. The van der Waals surface area contributed by atoms with Crippen molar-refractivity contribution < 1.29 is 19.8 Å². The lowest BCUT2D eigenvalue weighted by molar-refractivity contribution is 0.0680. The van der Waals surface area contributed by atoms with Crippen molar-refractivity contribution in [1.29, 1.82) is 0 Å². The van der Waals surface area contributed by atoms with Crippen molar-refractivity contribution in [2.24, 2.45) is 0 Å². The van der Waals surface area contributed by atoms with Crippen molar-refractivity contribution in [2.75, 3.05) is 0 Å². The van der Waals surface area contributed by atoms with Gasteiger partial charge in [0.15, 0.2) is 0 Å². The zero-order valence-electron chi connectivity index (χ0n) is 10.5. The van der Waals surface area contributed by atoms with Gasteiger partial charge in [-0.1, -0.05) is 12.1 Å². The second-order valence-corrected chi connectivity index (χ2v) is 4.25. The zero-order chi connectivity index (χ0) is 15.6. The third-order valence-electron chi connectivity index (χ3n) is 2.81. The average molecular weight is 290 g/mol. The number of aromatic amines is 2. The van der Waals surface area contributed by atoms with Gasteiger partial charge in [-0.3, -0.25) is 9.78 Å². The van der Waals surface area contributed by atoms with E-state index in [-0.39, 0.29) is 17.5 Å². The Hall–Kier alpha value is -3.16. The molecule has 1 heterocycles. The van der Waals surface area contributed by atoms with Crippen molar-refractivity contribution in [2.45, 2.75) is 6.42 Å². The molecule has 1 aromatic carbocycles. The Morgan fingerprint density at radius 2 is 1.76 bits per heavy atom. The number of hydrogen-bond donors (Lipinski definition) is 4. The van der Waals surface area contributed by atoms with E-state index in [1.54, 1.807) is 6.07 Å². The number of benzene rings is 1. The minimum atomic E-state index is -1.44. The van der Waals surface area contributed by atoms with E-state index < -0.39 is 28.9 Å². The van der Waals surface area contributed by atoms with Crippen LogP contribution in [0.25, 0.3) is 0 Å². The number of carbonyl (C=O) groups is 2. The SMILES string of the molecule is O=C(O)c1cccc(Cc2c(C(=O)O)[nH]c(=O)[nH]c2=O)c1. The van der Waals surface area contributed by atoms with Crippen LogP contribution >= 0.6 is 0 Å². The predicted octanol–water partition coefficient (Wildman–Crippen LogP) is 0.0504. The third-order valence-corrected chi connectivity index (χ3v) is 2.81. The Bertz CT molecular complexity index is 833. The summed E-state index contributed by atoms with van der Waals surface area (Å²) in [6, 6.07) is 5.75. The molecule has 0 spiro atoms. The van der Waals surface area contributed by atoms with Crippen LogP contribution in [0.1, 0.15) is 32.0 Å². The van der Waals surface area contributed by atoms with E-state index in [9.17, 15) is 19.2 Å². The van der Waals surface area contributed by atoms with Gasteiger partial charge in [0.1, 0.15) is 5.69 Å². The molecule has 0 unspecified atom stereocenters. The van der Waals surface area contributed by atoms with Crippen molar-refractivity contribution in [3.05, 3.63) is 67.5 Å². The molecule has 1 aromatic heterocycles. The number of nitrogens with one attached hydrogen (secondary N) is 2. The van der Waals surface area contributed by atoms with Gasteiger partial charge in [-0.05, 0) is 17.7 Å². The summed E-state index contributed by atoms with van der Waals surface area (Å²) in [6.45, 7) is 0. The largest absolute Gasteiger partial charge is 0.478 e. The Morgan fingerprint density at radius 1 is 1.05 bits per heavy atom. The zero-order valence-corrected chi connectivity index (χ0v) is 10.5. The highest BCUT2D eigenvalue weighted by Crippen LogP contribution is 2.11. The van der Waals surface area contributed by atoms with Crippen LogP contribution in [0.15, 0.2) is 33.9 Å². The van der Waals surface area contributed by atoms with E-state index in [1.165, 1.54) is 18.2 Å². The average Bonchev–Trinajstić information content (AvgIpc) is 2.41. The molecule has 0 amide bonds. The Labute approximate surface area is 116 Å². The van der Waals surface area contributed by atoms with Gasteiger partial charge in [0.05, 0.1) is 11.1 Å². The second-order valence-electron chi connectivity index (χ2n) is 4.25.